The first-order valence-corrected chi connectivity index (χ1v) is 12.9. The van der Waals surface area contributed by atoms with Crippen molar-refractivity contribution in [1.29, 1.82) is 0 Å². The summed E-state index contributed by atoms with van der Waals surface area (Å²) in [4.78, 5) is 20.5. The van der Waals surface area contributed by atoms with Crippen LogP contribution >= 0.6 is 0 Å². The molecule has 1 aromatic heterocycles. The van der Waals surface area contributed by atoms with E-state index >= 15 is 0 Å². The molecule has 2 aliphatic rings. The lowest BCUT2D eigenvalue weighted by atomic mass is 9.80. The zero-order chi connectivity index (χ0) is 21.8. The van der Waals surface area contributed by atoms with E-state index in [0.717, 1.165) is 24.5 Å². The Morgan fingerprint density at radius 3 is 2.48 bits per heavy atom. The van der Waals surface area contributed by atoms with E-state index in [2.05, 4.69) is 48.4 Å². The third kappa shape index (κ3) is 4.99. The van der Waals surface area contributed by atoms with Crippen LogP contribution in [0.25, 0.3) is 11.0 Å². The van der Waals surface area contributed by atoms with E-state index in [-0.39, 0.29) is 0 Å². The highest BCUT2D eigenvalue weighted by molar-refractivity contribution is 5.79. The monoisotopic (exact) mass is 423 g/mol. The van der Waals surface area contributed by atoms with Crippen LogP contribution in [-0.4, -0.2) is 32.9 Å². The van der Waals surface area contributed by atoms with Crippen molar-refractivity contribution in [3.05, 3.63) is 29.6 Å². The summed E-state index contributed by atoms with van der Waals surface area (Å²) in [5, 5.41) is 0. The lowest BCUT2D eigenvalue weighted by Gasteiger charge is -2.34. The van der Waals surface area contributed by atoms with E-state index in [1.807, 2.05) is 0 Å². The fraction of sp³-hybridized carbons (Fsp3) is 0.704. The van der Waals surface area contributed by atoms with Gasteiger partial charge in [-0.3, -0.25) is 4.79 Å². The van der Waals surface area contributed by atoms with Crippen LogP contribution in [0.4, 0.5) is 0 Å². The molecular formula is C27H41N3O. The van der Waals surface area contributed by atoms with Gasteiger partial charge in [0.15, 0.2) is 0 Å². The predicted molar refractivity (Wildman–Crippen MR) is 128 cm³/mol. The number of hydrogen-bond acceptors (Lipinski definition) is 2. The first-order valence-electron chi connectivity index (χ1n) is 12.9. The molecule has 4 nitrogen and oxygen atoms in total. The van der Waals surface area contributed by atoms with Gasteiger partial charge in [0.2, 0.25) is 5.91 Å². The maximum atomic E-state index is 13.2. The molecule has 1 heterocycles. The minimum atomic E-state index is 0.324. The van der Waals surface area contributed by atoms with Crippen LogP contribution in [0.2, 0.25) is 0 Å². The molecule has 0 spiro atoms. The molecule has 2 aromatic rings. The molecule has 0 radical (unpaired) electrons. The number of aromatic nitrogens is 2. The summed E-state index contributed by atoms with van der Waals surface area (Å²) < 4.78 is 2.39. The number of hydrogen-bond donors (Lipinski definition) is 0. The lowest BCUT2D eigenvalue weighted by molar-refractivity contribution is -0.134. The number of carbonyl (C=O) groups excluding carboxylic acids is 1. The Morgan fingerprint density at radius 2 is 1.81 bits per heavy atom. The van der Waals surface area contributed by atoms with E-state index in [4.69, 9.17) is 4.98 Å². The van der Waals surface area contributed by atoms with Gasteiger partial charge >= 0.3 is 0 Å². The number of carbonyl (C=O) groups is 1. The first kappa shape index (κ1) is 22.4. The van der Waals surface area contributed by atoms with Gasteiger partial charge in [0.05, 0.1) is 11.0 Å². The molecule has 31 heavy (non-hydrogen) atoms. The summed E-state index contributed by atoms with van der Waals surface area (Å²) in [6, 6.07) is 7.03. The third-order valence-electron chi connectivity index (χ3n) is 7.95. The molecule has 2 saturated carbocycles. The molecule has 2 fully saturated rings. The van der Waals surface area contributed by atoms with Crippen molar-refractivity contribution < 1.29 is 4.79 Å². The van der Waals surface area contributed by atoms with Crippen LogP contribution in [0.5, 0.6) is 0 Å². The van der Waals surface area contributed by atoms with Gasteiger partial charge in [-0.25, -0.2) is 4.98 Å². The van der Waals surface area contributed by atoms with E-state index in [1.165, 1.54) is 81.1 Å². The van der Waals surface area contributed by atoms with E-state index < -0.39 is 0 Å². The second-order valence-electron chi connectivity index (χ2n) is 9.96. The first-order chi connectivity index (χ1) is 15.1. The molecule has 0 N–H and O–H groups in total. The van der Waals surface area contributed by atoms with Gasteiger partial charge < -0.3 is 9.47 Å². The average molecular weight is 424 g/mol. The second-order valence-corrected chi connectivity index (χ2v) is 9.96. The molecule has 1 aromatic carbocycles. The van der Waals surface area contributed by atoms with Crippen LogP contribution in [0.15, 0.2) is 18.2 Å². The van der Waals surface area contributed by atoms with Gasteiger partial charge in [-0.2, -0.15) is 0 Å². The number of rotatable bonds is 7. The smallest absolute Gasteiger partial charge is 0.224 e. The summed E-state index contributed by atoms with van der Waals surface area (Å²) in [5.41, 5.74) is 3.56. The fourth-order valence-electron chi connectivity index (χ4n) is 6.01. The van der Waals surface area contributed by atoms with Gasteiger partial charge in [-0.05, 0) is 76.0 Å². The largest absolute Gasteiger partial charge is 0.340 e. The van der Waals surface area contributed by atoms with Crippen LogP contribution in [0.3, 0.4) is 0 Å². The SMILES string of the molecule is CCN(C(=O)CCn1c2cc(C)ccc2nc1[C@H]1CC[C@H](CC)CC1)C1CCCCC1. The molecule has 170 valence electrons. The number of nitrogens with zero attached hydrogens (tertiary/aromatic N) is 3. The Balaban J connectivity index is 1.54. The standard InChI is InChI=1S/C27H41N3O/c1-4-21-12-14-22(15-13-21)27-28-24-16-11-20(3)19-25(24)30(27)18-17-26(31)29(5-2)23-9-7-6-8-10-23/h11,16,19,21-23H,4-10,12-15,17-18H2,1-3H3/t21-,22-. The number of fused-ring (bicyclic) bond motifs is 1. The van der Waals surface area contributed by atoms with Crippen molar-refractivity contribution in [3.8, 4) is 0 Å². The van der Waals surface area contributed by atoms with Gasteiger partial charge in [-0.15, -0.1) is 0 Å². The maximum absolute atomic E-state index is 13.2. The molecule has 0 aliphatic heterocycles. The van der Waals surface area contributed by atoms with Crippen molar-refractivity contribution >= 4 is 16.9 Å². The molecule has 0 unspecified atom stereocenters. The van der Waals surface area contributed by atoms with Gasteiger partial charge in [0.1, 0.15) is 5.82 Å². The predicted octanol–water partition coefficient (Wildman–Crippen LogP) is 6.60. The number of aryl methyl sites for hydroxylation is 2. The number of imidazole rings is 1. The van der Waals surface area contributed by atoms with Crippen molar-refractivity contribution in [1.82, 2.24) is 14.5 Å². The third-order valence-corrected chi connectivity index (χ3v) is 7.95. The van der Waals surface area contributed by atoms with Gasteiger partial charge in [-0.1, -0.05) is 38.7 Å². The molecule has 0 atom stereocenters. The normalized spacial score (nSPS) is 22.7. The lowest BCUT2D eigenvalue weighted by Crippen LogP contribution is -2.41. The van der Waals surface area contributed by atoms with Crippen LogP contribution in [0, 0.1) is 12.8 Å². The van der Waals surface area contributed by atoms with Crippen molar-refractivity contribution in [2.75, 3.05) is 6.54 Å². The Morgan fingerprint density at radius 1 is 1.06 bits per heavy atom. The summed E-state index contributed by atoms with van der Waals surface area (Å²) >= 11 is 0. The molecule has 4 heteroatoms. The fourth-order valence-corrected chi connectivity index (χ4v) is 6.01. The van der Waals surface area contributed by atoms with E-state index in [0.29, 0.717) is 24.3 Å². The summed E-state index contributed by atoms with van der Waals surface area (Å²) in [6.07, 6.45) is 13.2. The van der Waals surface area contributed by atoms with Crippen molar-refractivity contribution in [2.45, 2.75) is 110 Å². The molecule has 2 aliphatic carbocycles. The second kappa shape index (κ2) is 10.2. The Labute approximate surface area is 188 Å². The van der Waals surface area contributed by atoms with Crippen LogP contribution in [-0.2, 0) is 11.3 Å². The molecule has 0 saturated heterocycles. The highest BCUT2D eigenvalue weighted by Crippen LogP contribution is 2.38. The van der Waals surface area contributed by atoms with Gasteiger partial charge in [0, 0.05) is 31.5 Å². The summed E-state index contributed by atoms with van der Waals surface area (Å²) in [7, 11) is 0. The van der Waals surface area contributed by atoms with Crippen molar-refractivity contribution in [2.24, 2.45) is 5.92 Å². The zero-order valence-electron chi connectivity index (χ0n) is 19.9. The molecule has 4 rings (SSSR count). The summed E-state index contributed by atoms with van der Waals surface area (Å²) in [5.74, 6) is 2.96. The number of benzene rings is 1. The average Bonchev–Trinajstić information content (AvgIpc) is 3.16. The molecule has 1 amide bonds. The Kier molecular flexibility index (Phi) is 7.35. The van der Waals surface area contributed by atoms with Crippen molar-refractivity contribution in [3.63, 3.8) is 0 Å². The van der Waals surface area contributed by atoms with Crippen LogP contribution < -0.4 is 0 Å². The summed E-state index contributed by atoms with van der Waals surface area (Å²) in [6.45, 7) is 8.20. The van der Waals surface area contributed by atoms with Crippen LogP contribution in [0.1, 0.15) is 102 Å². The maximum Gasteiger partial charge on any atom is 0.224 e. The topological polar surface area (TPSA) is 38.1 Å². The Hall–Kier alpha value is -1.84. The van der Waals surface area contributed by atoms with E-state index in [1.54, 1.807) is 0 Å². The molecular weight excluding hydrogens is 382 g/mol. The quantitative estimate of drug-likeness (QED) is 0.503. The zero-order valence-corrected chi connectivity index (χ0v) is 19.9. The minimum absolute atomic E-state index is 0.324. The van der Waals surface area contributed by atoms with E-state index in [9.17, 15) is 4.79 Å². The highest BCUT2D eigenvalue weighted by Gasteiger charge is 2.28. The minimum Gasteiger partial charge on any atom is -0.340 e. The Bertz CT molecular complexity index is 872. The highest BCUT2D eigenvalue weighted by atomic mass is 16.2. The molecule has 0 bridgehead atoms. The number of amides is 1. The van der Waals surface area contributed by atoms with Gasteiger partial charge in [0.25, 0.3) is 0 Å².